The molecule has 0 atom stereocenters. The summed E-state index contributed by atoms with van der Waals surface area (Å²) in [5.41, 5.74) is 8.83. The van der Waals surface area contributed by atoms with Gasteiger partial charge in [0.25, 0.3) is 0 Å². The Morgan fingerprint density at radius 2 is 1.76 bits per heavy atom. The maximum atomic E-state index is 5.87. The fourth-order valence-corrected chi connectivity index (χ4v) is 1.60. The fraction of sp³-hybridized carbons (Fsp3) is 0.143. The number of nitrogens with one attached hydrogen (secondary N) is 1. The minimum absolute atomic E-state index is 0.721. The van der Waals surface area contributed by atoms with E-state index in [4.69, 9.17) is 10.5 Å². The molecule has 88 valence electrons. The summed E-state index contributed by atoms with van der Waals surface area (Å²) < 4.78 is 5.10. The van der Waals surface area contributed by atoms with Crippen molar-refractivity contribution in [2.45, 2.75) is 6.54 Å². The second-order valence-corrected chi connectivity index (χ2v) is 3.78. The Kier molecular flexibility index (Phi) is 3.50. The van der Waals surface area contributed by atoms with Crippen molar-refractivity contribution >= 4 is 11.4 Å². The topological polar surface area (TPSA) is 47.3 Å². The molecule has 2 aromatic rings. The molecular formula is C14H16N2O. The third-order valence-electron chi connectivity index (χ3n) is 2.63. The van der Waals surface area contributed by atoms with Crippen molar-refractivity contribution < 1.29 is 4.74 Å². The van der Waals surface area contributed by atoms with E-state index >= 15 is 0 Å². The summed E-state index contributed by atoms with van der Waals surface area (Å²) in [6, 6.07) is 15.7. The zero-order valence-corrected chi connectivity index (χ0v) is 9.81. The van der Waals surface area contributed by atoms with Gasteiger partial charge in [0.15, 0.2) is 0 Å². The summed E-state index contributed by atoms with van der Waals surface area (Å²) in [7, 11) is 1.66. The fourth-order valence-electron chi connectivity index (χ4n) is 1.60. The van der Waals surface area contributed by atoms with E-state index < -0.39 is 0 Å². The van der Waals surface area contributed by atoms with Crippen LogP contribution >= 0.6 is 0 Å². The lowest BCUT2D eigenvalue weighted by Gasteiger charge is -2.09. The molecular weight excluding hydrogens is 212 g/mol. The number of methoxy groups -OCH3 is 1. The largest absolute Gasteiger partial charge is 0.497 e. The first-order valence-corrected chi connectivity index (χ1v) is 5.51. The Morgan fingerprint density at radius 1 is 1.06 bits per heavy atom. The number of benzene rings is 2. The van der Waals surface area contributed by atoms with Crippen LogP contribution in [0.1, 0.15) is 5.56 Å². The molecule has 17 heavy (non-hydrogen) atoms. The standard InChI is InChI=1S/C14H16N2O/c1-17-13-8-6-12(7-9-13)16-10-11-4-2-3-5-14(11)15/h2-9,16H,10,15H2,1H3. The van der Waals surface area contributed by atoms with Crippen LogP contribution in [0.15, 0.2) is 48.5 Å². The number of nitrogen functional groups attached to an aromatic ring is 1. The Bertz CT molecular complexity index is 480. The van der Waals surface area contributed by atoms with Gasteiger partial charge < -0.3 is 15.8 Å². The summed E-state index contributed by atoms with van der Waals surface area (Å²) >= 11 is 0. The van der Waals surface area contributed by atoms with Gasteiger partial charge in [-0.15, -0.1) is 0 Å². The molecule has 0 saturated carbocycles. The Labute approximate surface area is 101 Å². The van der Waals surface area contributed by atoms with Crippen molar-refractivity contribution in [1.82, 2.24) is 0 Å². The highest BCUT2D eigenvalue weighted by Crippen LogP contribution is 2.17. The lowest BCUT2D eigenvalue weighted by Crippen LogP contribution is -2.02. The molecule has 0 saturated heterocycles. The van der Waals surface area contributed by atoms with Crippen LogP contribution in [-0.4, -0.2) is 7.11 Å². The summed E-state index contributed by atoms with van der Waals surface area (Å²) in [5, 5.41) is 3.32. The molecule has 3 nitrogen and oxygen atoms in total. The van der Waals surface area contributed by atoms with Gasteiger partial charge in [-0.1, -0.05) is 18.2 Å². The third kappa shape index (κ3) is 2.91. The van der Waals surface area contributed by atoms with E-state index in [2.05, 4.69) is 5.32 Å². The Hall–Kier alpha value is -2.16. The van der Waals surface area contributed by atoms with Crippen LogP contribution in [0.2, 0.25) is 0 Å². The van der Waals surface area contributed by atoms with E-state index in [-0.39, 0.29) is 0 Å². The predicted molar refractivity (Wildman–Crippen MR) is 71.2 cm³/mol. The van der Waals surface area contributed by atoms with Crippen molar-refractivity contribution in [2.24, 2.45) is 0 Å². The number of anilines is 2. The van der Waals surface area contributed by atoms with E-state index in [1.165, 1.54) is 0 Å². The van der Waals surface area contributed by atoms with Crippen molar-refractivity contribution in [3.8, 4) is 5.75 Å². The van der Waals surface area contributed by atoms with Gasteiger partial charge in [0.1, 0.15) is 5.75 Å². The molecule has 0 bridgehead atoms. The lowest BCUT2D eigenvalue weighted by molar-refractivity contribution is 0.415. The molecule has 0 fully saturated rings. The van der Waals surface area contributed by atoms with Crippen LogP contribution in [0.3, 0.4) is 0 Å². The first-order chi connectivity index (χ1) is 8.29. The van der Waals surface area contributed by atoms with Gasteiger partial charge in [0.2, 0.25) is 0 Å². The van der Waals surface area contributed by atoms with Gasteiger partial charge in [0.05, 0.1) is 7.11 Å². The van der Waals surface area contributed by atoms with Gasteiger partial charge in [0, 0.05) is 17.9 Å². The molecule has 0 unspecified atom stereocenters. The average Bonchev–Trinajstić information content (AvgIpc) is 2.38. The van der Waals surface area contributed by atoms with Crippen molar-refractivity contribution in [2.75, 3.05) is 18.2 Å². The lowest BCUT2D eigenvalue weighted by atomic mass is 10.2. The highest BCUT2D eigenvalue weighted by atomic mass is 16.5. The Morgan fingerprint density at radius 3 is 2.41 bits per heavy atom. The molecule has 0 aliphatic carbocycles. The van der Waals surface area contributed by atoms with Crippen LogP contribution in [0, 0.1) is 0 Å². The molecule has 0 aliphatic heterocycles. The Balaban J connectivity index is 2.00. The van der Waals surface area contributed by atoms with Crippen molar-refractivity contribution in [1.29, 1.82) is 0 Å². The number of nitrogens with two attached hydrogens (primary N) is 1. The number of hydrogen-bond acceptors (Lipinski definition) is 3. The third-order valence-corrected chi connectivity index (χ3v) is 2.63. The SMILES string of the molecule is COc1ccc(NCc2ccccc2N)cc1. The molecule has 0 aromatic heterocycles. The maximum Gasteiger partial charge on any atom is 0.119 e. The summed E-state index contributed by atoms with van der Waals surface area (Å²) in [6.45, 7) is 0.721. The van der Waals surface area contributed by atoms with Crippen LogP contribution in [0.25, 0.3) is 0 Å². The summed E-state index contributed by atoms with van der Waals surface area (Å²) in [6.07, 6.45) is 0. The zero-order chi connectivity index (χ0) is 12.1. The van der Waals surface area contributed by atoms with E-state index in [0.29, 0.717) is 0 Å². The molecule has 0 heterocycles. The normalized spacial score (nSPS) is 9.94. The summed E-state index contributed by atoms with van der Waals surface area (Å²) in [4.78, 5) is 0. The molecule has 0 radical (unpaired) electrons. The van der Waals surface area contributed by atoms with Crippen LogP contribution in [0.5, 0.6) is 5.75 Å². The number of rotatable bonds is 4. The van der Waals surface area contributed by atoms with Crippen LogP contribution in [-0.2, 0) is 6.54 Å². The monoisotopic (exact) mass is 228 g/mol. The smallest absolute Gasteiger partial charge is 0.119 e. The van der Waals surface area contributed by atoms with Gasteiger partial charge in [-0.2, -0.15) is 0 Å². The van der Waals surface area contributed by atoms with Crippen LogP contribution < -0.4 is 15.8 Å². The highest BCUT2D eigenvalue weighted by molar-refractivity contribution is 5.51. The average molecular weight is 228 g/mol. The van der Waals surface area contributed by atoms with Crippen molar-refractivity contribution in [3.63, 3.8) is 0 Å². The number of hydrogen-bond donors (Lipinski definition) is 2. The van der Waals surface area contributed by atoms with Crippen molar-refractivity contribution in [3.05, 3.63) is 54.1 Å². The predicted octanol–water partition coefficient (Wildman–Crippen LogP) is 2.89. The van der Waals surface area contributed by atoms with Gasteiger partial charge in [-0.05, 0) is 35.9 Å². The molecule has 0 aliphatic rings. The van der Waals surface area contributed by atoms with E-state index in [1.807, 2.05) is 48.5 Å². The molecule has 2 aromatic carbocycles. The maximum absolute atomic E-state index is 5.87. The minimum atomic E-state index is 0.721. The summed E-state index contributed by atoms with van der Waals surface area (Å²) in [5.74, 6) is 0.856. The highest BCUT2D eigenvalue weighted by Gasteiger charge is 1.98. The number of ether oxygens (including phenoxy) is 1. The van der Waals surface area contributed by atoms with Gasteiger partial charge in [-0.3, -0.25) is 0 Å². The quantitative estimate of drug-likeness (QED) is 0.791. The molecule has 0 spiro atoms. The van der Waals surface area contributed by atoms with Gasteiger partial charge in [-0.25, -0.2) is 0 Å². The first-order valence-electron chi connectivity index (χ1n) is 5.51. The molecule has 3 N–H and O–H groups in total. The van der Waals surface area contributed by atoms with Gasteiger partial charge >= 0.3 is 0 Å². The van der Waals surface area contributed by atoms with E-state index in [1.54, 1.807) is 7.11 Å². The zero-order valence-electron chi connectivity index (χ0n) is 9.81. The second kappa shape index (κ2) is 5.25. The second-order valence-electron chi connectivity index (χ2n) is 3.78. The van der Waals surface area contributed by atoms with E-state index in [9.17, 15) is 0 Å². The molecule has 2 rings (SSSR count). The van der Waals surface area contributed by atoms with E-state index in [0.717, 1.165) is 29.2 Å². The van der Waals surface area contributed by atoms with Crippen LogP contribution in [0.4, 0.5) is 11.4 Å². The molecule has 3 heteroatoms. The number of para-hydroxylation sites is 1. The molecule has 0 amide bonds. The minimum Gasteiger partial charge on any atom is -0.497 e. The first kappa shape index (κ1) is 11.3.